The lowest BCUT2D eigenvalue weighted by atomic mass is 10.4. The second-order valence-electron chi connectivity index (χ2n) is 2.46. The Morgan fingerprint density at radius 2 is 2.29 bits per heavy atom. The summed E-state index contributed by atoms with van der Waals surface area (Å²) in [6.45, 7) is 0. The lowest BCUT2D eigenvalue weighted by Crippen LogP contribution is -2.17. The molecule has 1 aliphatic rings. The predicted molar refractivity (Wildman–Crippen MR) is 55.6 cm³/mol. The average Bonchev–Trinajstić information content (AvgIpc) is 2.61. The fraction of sp³-hybridized carbons (Fsp3) is 0. The highest BCUT2D eigenvalue weighted by molar-refractivity contribution is 8.18. The Bertz CT molecular complexity index is 438. The Labute approximate surface area is 87.4 Å². The number of imide groups is 1. The van der Waals surface area contributed by atoms with Gasteiger partial charge in [0.25, 0.3) is 11.1 Å². The molecule has 3 N–H and O–H groups in total. The highest BCUT2D eigenvalue weighted by atomic mass is 32.2. The molecular weight excluding hydrogens is 222 g/mol. The fourth-order valence-corrected chi connectivity index (χ4v) is 2.11. The minimum absolute atomic E-state index is 0.348. The zero-order chi connectivity index (χ0) is 10.1. The number of hydrogen-bond donors (Lipinski definition) is 2. The molecule has 5 nitrogen and oxygen atoms in total. The van der Waals surface area contributed by atoms with Gasteiger partial charge in [0, 0.05) is 5.38 Å². The molecule has 0 aliphatic carbocycles. The Balaban J connectivity index is 2.27. The number of anilines is 1. The van der Waals surface area contributed by atoms with Crippen molar-refractivity contribution in [2.45, 2.75) is 0 Å². The lowest BCUT2D eigenvalue weighted by Gasteiger charge is -1.87. The van der Waals surface area contributed by atoms with Crippen molar-refractivity contribution < 1.29 is 9.59 Å². The summed E-state index contributed by atoms with van der Waals surface area (Å²) in [7, 11) is 0. The number of nitrogens with zero attached hydrogens (tertiary/aromatic N) is 1. The van der Waals surface area contributed by atoms with Crippen LogP contribution in [0.15, 0.2) is 10.3 Å². The van der Waals surface area contributed by atoms with Crippen LogP contribution in [0.1, 0.15) is 5.69 Å². The van der Waals surface area contributed by atoms with E-state index in [9.17, 15) is 9.59 Å². The molecule has 1 saturated heterocycles. The SMILES string of the molecule is Nc1nc(C=C2SC(=O)NC2=O)cs1. The average molecular weight is 227 g/mol. The Morgan fingerprint density at radius 3 is 2.79 bits per heavy atom. The number of thioether (sulfide) groups is 1. The molecule has 1 aromatic heterocycles. The van der Waals surface area contributed by atoms with Crippen LogP contribution in [0.25, 0.3) is 6.08 Å². The van der Waals surface area contributed by atoms with E-state index in [-0.39, 0.29) is 11.1 Å². The standard InChI is InChI=1S/C7H5N3O2S2/c8-6-9-3(2-13-6)1-4-5(11)10-7(12)14-4/h1-2H,(H2,8,9)(H,10,11,12). The van der Waals surface area contributed by atoms with Crippen LogP contribution >= 0.6 is 23.1 Å². The van der Waals surface area contributed by atoms with E-state index < -0.39 is 0 Å². The molecule has 0 atom stereocenters. The fourth-order valence-electron chi connectivity index (χ4n) is 0.922. The summed E-state index contributed by atoms with van der Waals surface area (Å²) in [4.78, 5) is 26.2. The zero-order valence-corrected chi connectivity index (χ0v) is 8.45. The second-order valence-corrected chi connectivity index (χ2v) is 4.37. The first-order chi connectivity index (χ1) is 6.65. The molecule has 72 valence electrons. The maximum absolute atomic E-state index is 11.1. The minimum Gasteiger partial charge on any atom is -0.375 e. The third-order valence-corrected chi connectivity index (χ3v) is 2.96. The number of nitrogen functional groups attached to an aromatic ring is 1. The van der Waals surface area contributed by atoms with Gasteiger partial charge in [-0.2, -0.15) is 0 Å². The van der Waals surface area contributed by atoms with Gasteiger partial charge in [0.05, 0.1) is 10.6 Å². The van der Waals surface area contributed by atoms with Crippen molar-refractivity contribution >= 4 is 45.5 Å². The Kier molecular flexibility index (Phi) is 2.26. The van der Waals surface area contributed by atoms with Gasteiger partial charge in [-0.05, 0) is 17.8 Å². The highest BCUT2D eigenvalue weighted by Gasteiger charge is 2.25. The third kappa shape index (κ3) is 1.78. The van der Waals surface area contributed by atoms with Crippen molar-refractivity contribution in [1.29, 1.82) is 0 Å². The topological polar surface area (TPSA) is 85.1 Å². The van der Waals surface area contributed by atoms with E-state index in [1.54, 1.807) is 5.38 Å². The van der Waals surface area contributed by atoms with Crippen LogP contribution in [-0.2, 0) is 4.79 Å². The van der Waals surface area contributed by atoms with Gasteiger partial charge in [-0.3, -0.25) is 14.9 Å². The van der Waals surface area contributed by atoms with Crippen molar-refractivity contribution in [2.24, 2.45) is 0 Å². The molecule has 2 heterocycles. The van der Waals surface area contributed by atoms with Gasteiger partial charge in [-0.15, -0.1) is 11.3 Å². The molecule has 7 heteroatoms. The van der Waals surface area contributed by atoms with E-state index >= 15 is 0 Å². The number of thiazole rings is 1. The number of hydrogen-bond acceptors (Lipinski definition) is 6. The van der Waals surface area contributed by atoms with Gasteiger partial charge < -0.3 is 5.73 Å². The van der Waals surface area contributed by atoms with Crippen LogP contribution in [0, 0.1) is 0 Å². The quantitative estimate of drug-likeness (QED) is 0.700. The Morgan fingerprint density at radius 1 is 1.50 bits per heavy atom. The molecule has 1 aliphatic heterocycles. The molecule has 2 amide bonds. The molecule has 1 aromatic rings. The van der Waals surface area contributed by atoms with E-state index in [0.29, 0.717) is 15.7 Å². The van der Waals surface area contributed by atoms with Crippen LogP contribution in [0.5, 0.6) is 0 Å². The number of nitrogens with two attached hydrogens (primary N) is 1. The second kappa shape index (κ2) is 3.43. The molecule has 14 heavy (non-hydrogen) atoms. The van der Waals surface area contributed by atoms with Crippen LogP contribution in [0.3, 0.4) is 0 Å². The normalized spacial score (nSPS) is 19.0. The van der Waals surface area contributed by atoms with Crippen LogP contribution in [0.4, 0.5) is 9.93 Å². The largest absolute Gasteiger partial charge is 0.375 e. The lowest BCUT2D eigenvalue weighted by molar-refractivity contribution is -0.115. The predicted octanol–water partition coefficient (Wildman–Crippen LogP) is 1.05. The molecule has 0 unspecified atom stereocenters. The van der Waals surface area contributed by atoms with Gasteiger partial charge in [0.15, 0.2) is 5.13 Å². The van der Waals surface area contributed by atoms with Gasteiger partial charge in [-0.25, -0.2) is 4.98 Å². The first-order valence-corrected chi connectivity index (χ1v) is 5.30. The number of rotatable bonds is 1. The van der Waals surface area contributed by atoms with Crippen molar-refractivity contribution in [1.82, 2.24) is 10.3 Å². The summed E-state index contributed by atoms with van der Waals surface area (Å²) in [6, 6.07) is 0. The summed E-state index contributed by atoms with van der Waals surface area (Å²) in [5.74, 6) is -0.383. The minimum atomic E-state index is -0.383. The van der Waals surface area contributed by atoms with E-state index in [2.05, 4.69) is 10.3 Å². The maximum atomic E-state index is 11.1. The summed E-state index contributed by atoms with van der Waals surface area (Å²) in [5.41, 5.74) is 6.02. The van der Waals surface area contributed by atoms with Gasteiger partial charge in [-0.1, -0.05) is 0 Å². The van der Waals surface area contributed by atoms with Crippen molar-refractivity contribution in [3.05, 3.63) is 16.0 Å². The third-order valence-electron chi connectivity index (χ3n) is 1.46. The maximum Gasteiger partial charge on any atom is 0.290 e. The smallest absolute Gasteiger partial charge is 0.290 e. The molecule has 0 aromatic carbocycles. The van der Waals surface area contributed by atoms with Crippen molar-refractivity contribution in [2.75, 3.05) is 5.73 Å². The molecule has 0 saturated carbocycles. The number of carbonyl (C=O) groups is 2. The zero-order valence-electron chi connectivity index (χ0n) is 6.81. The van der Waals surface area contributed by atoms with E-state index in [4.69, 9.17) is 5.73 Å². The van der Waals surface area contributed by atoms with Gasteiger partial charge in [0.2, 0.25) is 0 Å². The molecule has 2 rings (SSSR count). The summed E-state index contributed by atoms with van der Waals surface area (Å²) in [5, 5.41) is 3.96. The molecule has 1 fully saturated rings. The highest BCUT2D eigenvalue weighted by Crippen LogP contribution is 2.26. The molecule has 0 bridgehead atoms. The number of aromatic nitrogens is 1. The number of nitrogens with one attached hydrogen (secondary N) is 1. The van der Waals surface area contributed by atoms with Crippen LogP contribution in [0.2, 0.25) is 0 Å². The van der Waals surface area contributed by atoms with Gasteiger partial charge >= 0.3 is 0 Å². The van der Waals surface area contributed by atoms with Gasteiger partial charge in [0.1, 0.15) is 0 Å². The number of carbonyl (C=O) groups excluding carboxylic acids is 2. The summed E-state index contributed by atoms with van der Waals surface area (Å²) in [6.07, 6.45) is 1.54. The first-order valence-electron chi connectivity index (χ1n) is 3.61. The van der Waals surface area contributed by atoms with Crippen molar-refractivity contribution in [3.63, 3.8) is 0 Å². The molecular formula is C7H5N3O2S2. The summed E-state index contributed by atoms with van der Waals surface area (Å²) < 4.78 is 0. The molecule has 0 spiro atoms. The summed E-state index contributed by atoms with van der Waals surface area (Å²) >= 11 is 2.15. The molecule has 0 radical (unpaired) electrons. The Hall–Kier alpha value is -1.34. The van der Waals surface area contributed by atoms with E-state index in [1.807, 2.05) is 0 Å². The van der Waals surface area contributed by atoms with Crippen LogP contribution in [-0.4, -0.2) is 16.1 Å². The van der Waals surface area contributed by atoms with Crippen LogP contribution < -0.4 is 11.1 Å². The van der Waals surface area contributed by atoms with Crippen molar-refractivity contribution in [3.8, 4) is 0 Å². The number of amides is 2. The van der Waals surface area contributed by atoms with E-state index in [0.717, 1.165) is 11.8 Å². The van der Waals surface area contributed by atoms with E-state index in [1.165, 1.54) is 17.4 Å². The monoisotopic (exact) mass is 227 g/mol. The first kappa shape index (κ1) is 9.22.